The van der Waals surface area contributed by atoms with E-state index in [1.165, 1.54) is 154 Å². The first-order valence-electron chi connectivity index (χ1n) is 29.2. The van der Waals surface area contributed by atoms with Crippen LogP contribution in [0.2, 0.25) is 0 Å². The quantitative estimate of drug-likeness (QED) is 0.0254. The van der Waals surface area contributed by atoms with Gasteiger partial charge in [-0.1, -0.05) is 194 Å². The number of hydrogen-bond donors (Lipinski definition) is 2. The number of esters is 2. The Morgan fingerprint density at radius 3 is 1.28 bits per heavy atom. The monoisotopic (exact) mass is 1120 g/mol. The summed E-state index contributed by atoms with van der Waals surface area (Å²) in [5.41, 5.74) is 0. The maximum Gasteiger partial charge on any atom is 0.474 e. The average Bonchev–Trinajstić information content (AvgIpc) is 3.31. The topological polar surface area (TPSA) is 188 Å². The van der Waals surface area contributed by atoms with E-state index in [4.69, 9.17) is 38.1 Å². The maximum atomic E-state index is 13.5. The minimum Gasteiger partial charge on any atom is -0.462 e. The number of phosphoric acid groups is 2. The highest BCUT2D eigenvalue weighted by atomic mass is 35.5. The lowest BCUT2D eigenvalue weighted by atomic mass is 10.0. The van der Waals surface area contributed by atoms with Crippen LogP contribution < -0.4 is 0 Å². The molecule has 3 unspecified atom stereocenters. The summed E-state index contributed by atoms with van der Waals surface area (Å²) in [6.07, 6.45) is 39.2. The Morgan fingerprint density at radius 1 is 0.514 bits per heavy atom. The van der Waals surface area contributed by atoms with Crippen molar-refractivity contribution in [3.8, 4) is 6.07 Å². The van der Waals surface area contributed by atoms with E-state index in [2.05, 4.69) is 39.5 Å². The minimum absolute atomic E-state index is 0. The van der Waals surface area contributed by atoms with Gasteiger partial charge in [0.05, 0.1) is 93.8 Å². The van der Waals surface area contributed by atoms with Crippen molar-refractivity contribution < 1.29 is 65.0 Å². The van der Waals surface area contributed by atoms with Gasteiger partial charge in [0, 0.05) is 19.3 Å². The van der Waals surface area contributed by atoms with Crippen LogP contribution in [0, 0.1) is 11.3 Å². The second kappa shape index (κ2) is 51.3. The third kappa shape index (κ3) is 58.5. The Balaban J connectivity index is -0.00000313. The van der Waals surface area contributed by atoms with Crippen LogP contribution >= 0.6 is 28.1 Å². The number of nitriles is 1. The van der Waals surface area contributed by atoms with Gasteiger partial charge < -0.3 is 28.2 Å². The van der Waals surface area contributed by atoms with Crippen molar-refractivity contribution in [1.29, 1.82) is 5.26 Å². The van der Waals surface area contributed by atoms with Gasteiger partial charge in [-0.3, -0.25) is 27.7 Å². The van der Waals surface area contributed by atoms with Gasteiger partial charge >= 0.3 is 27.6 Å². The number of rotatable bonds is 52. The van der Waals surface area contributed by atoms with Crippen molar-refractivity contribution >= 4 is 40.0 Å². The summed E-state index contributed by atoms with van der Waals surface area (Å²) >= 11 is 0. The standard InChI is InChI=1S/C49H96N2O8P.C7H18NO4P.ClH/c1-6-8-10-12-14-16-18-20-22-24-26-28-30-32-34-39-48(52)55-45-47(46-58-60(54,57-44-38-41-50)56-43-37-36-42-51(3,4)5)59-49(53)40-35-33-31-29-27-25-23-21-19-17-15-13-11-9-7-2;1-7(8(2,3)4)5-6-12-13(9,10)11;/h47H,6-40,42-46H2,1-5H3;7H,5-6H2,1-4H3,(H-,9,10,11);1H/q+1;;/p+1. The Labute approximate surface area is 460 Å². The summed E-state index contributed by atoms with van der Waals surface area (Å²) in [7, 11) is 4.06. The first-order valence-corrected chi connectivity index (χ1v) is 32.2. The zero-order chi connectivity index (χ0) is 55.0. The van der Waals surface area contributed by atoms with Crippen LogP contribution in [0.15, 0.2) is 0 Å². The van der Waals surface area contributed by atoms with E-state index < -0.39 is 27.7 Å². The van der Waals surface area contributed by atoms with E-state index in [0.29, 0.717) is 25.3 Å². The normalized spacial score (nSPS) is 13.5. The molecule has 0 fully saturated rings. The lowest BCUT2D eigenvalue weighted by Crippen LogP contribution is -2.43. The summed E-state index contributed by atoms with van der Waals surface area (Å²) in [5, 5.41) is 9.00. The van der Waals surface area contributed by atoms with Crippen molar-refractivity contribution in [2.75, 3.05) is 81.9 Å². The number of ether oxygens (including phenoxy) is 2. The van der Waals surface area contributed by atoms with Crippen LogP contribution in [0.4, 0.5) is 0 Å². The van der Waals surface area contributed by atoms with E-state index in [9.17, 15) is 18.7 Å². The molecule has 0 aromatic heterocycles. The summed E-state index contributed by atoms with van der Waals surface area (Å²) in [6.45, 7) is 7.07. The molecule has 0 aromatic rings. The van der Waals surface area contributed by atoms with Gasteiger partial charge in [-0.2, -0.15) is 5.26 Å². The van der Waals surface area contributed by atoms with E-state index in [0.717, 1.165) is 60.5 Å². The summed E-state index contributed by atoms with van der Waals surface area (Å²) in [5.74, 6) is -0.756. The Morgan fingerprint density at radius 2 is 0.905 bits per heavy atom. The van der Waals surface area contributed by atoms with Crippen LogP contribution in [0.1, 0.15) is 252 Å². The number of carbonyl (C=O) groups is 2. The molecule has 442 valence electrons. The second-order valence-corrected chi connectivity index (χ2v) is 25.2. The molecule has 0 amide bonds. The van der Waals surface area contributed by atoms with Crippen LogP contribution in [0.25, 0.3) is 0 Å². The molecule has 15 nitrogen and oxygen atoms in total. The van der Waals surface area contributed by atoms with Crippen molar-refractivity contribution in [2.24, 2.45) is 0 Å². The van der Waals surface area contributed by atoms with Crippen molar-refractivity contribution in [3.63, 3.8) is 0 Å². The van der Waals surface area contributed by atoms with Gasteiger partial charge in [-0.05, 0) is 32.6 Å². The van der Waals surface area contributed by atoms with Crippen LogP contribution in [-0.2, 0) is 46.3 Å². The molecular formula is C56H116ClN3O12P2+2. The predicted molar refractivity (Wildman–Crippen MR) is 305 cm³/mol. The highest BCUT2D eigenvalue weighted by Gasteiger charge is 2.30. The zero-order valence-corrected chi connectivity index (χ0v) is 51.6. The molecule has 0 aliphatic rings. The Kier molecular flexibility index (Phi) is 53.5. The van der Waals surface area contributed by atoms with Gasteiger partial charge in [0.25, 0.3) is 0 Å². The van der Waals surface area contributed by atoms with Gasteiger partial charge in [0.1, 0.15) is 6.61 Å². The maximum absolute atomic E-state index is 13.5. The molecule has 0 aliphatic heterocycles. The fraction of sp³-hybridized carbons (Fsp3) is 0.946. The van der Waals surface area contributed by atoms with E-state index in [-0.39, 0.29) is 64.3 Å². The SMILES string of the molecule is CC(CCOP(=O)(O)O)[N+](C)(C)C.CCCCCCCCCCCCCCCCCC(=O)OCC(COP(=O)(OCCC#N)OCCCC[N+](C)(C)C)OC(=O)CCCCCCCCCCCCCCCCC.Cl. The zero-order valence-electron chi connectivity index (χ0n) is 49.0. The molecule has 0 bridgehead atoms. The van der Waals surface area contributed by atoms with Crippen LogP contribution in [0.3, 0.4) is 0 Å². The van der Waals surface area contributed by atoms with Crippen LogP contribution in [-0.4, -0.2) is 125 Å². The summed E-state index contributed by atoms with van der Waals surface area (Å²) < 4.78 is 57.8. The molecule has 0 spiro atoms. The molecule has 2 N–H and O–H groups in total. The predicted octanol–water partition coefficient (Wildman–Crippen LogP) is 15.5. The Bertz CT molecular complexity index is 1420. The van der Waals surface area contributed by atoms with Crippen molar-refractivity contribution in [2.45, 2.75) is 264 Å². The fourth-order valence-corrected chi connectivity index (χ4v) is 9.57. The Hall–Kier alpha value is -1.14. The number of carbonyl (C=O) groups excluding carboxylic acids is 2. The smallest absolute Gasteiger partial charge is 0.462 e. The lowest BCUT2D eigenvalue weighted by Gasteiger charge is -2.31. The molecule has 0 saturated carbocycles. The van der Waals surface area contributed by atoms with Gasteiger partial charge in [0.2, 0.25) is 0 Å². The number of nitrogens with zero attached hydrogens (tertiary/aromatic N) is 3. The summed E-state index contributed by atoms with van der Waals surface area (Å²) in [4.78, 5) is 42.5. The fourth-order valence-electron chi connectivity index (χ4n) is 7.98. The first-order chi connectivity index (χ1) is 34.7. The number of halogens is 1. The molecule has 3 atom stereocenters. The van der Waals surface area contributed by atoms with Crippen LogP contribution in [0.5, 0.6) is 0 Å². The van der Waals surface area contributed by atoms with Gasteiger partial charge in [0.15, 0.2) is 6.10 Å². The highest BCUT2D eigenvalue weighted by molar-refractivity contribution is 7.48. The molecule has 0 rings (SSSR count). The molecular weight excluding hydrogens is 1000 g/mol. The van der Waals surface area contributed by atoms with Crippen molar-refractivity contribution in [3.05, 3.63) is 0 Å². The molecule has 0 aromatic carbocycles. The minimum atomic E-state index is -4.28. The second-order valence-electron chi connectivity index (χ2n) is 22.3. The third-order valence-corrected chi connectivity index (χ3v) is 15.2. The number of unbranched alkanes of at least 4 members (excludes halogenated alkanes) is 29. The lowest BCUT2D eigenvalue weighted by molar-refractivity contribution is -0.894. The molecule has 0 radical (unpaired) electrons. The molecule has 74 heavy (non-hydrogen) atoms. The van der Waals surface area contributed by atoms with E-state index in [1.807, 2.05) is 34.1 Å². The largest absolute Gasteiger partial charge is 0.474 e. The average molecular weight is 1120 g/mol. The molecule has 0 aliphatic carbocycles. The number of phosphoric ester groups is 2. The third-order valence-electron chi connectivity index (χ3n) is 13.2. The number of hydrogen-bond acceptors (Lipinski definition) is 11. The first kappa shape index (κ1) is 77.1. The molecule has 0 saturated heterocycles. The molecule has 0 heterocycles. The highest BCUT2D eigenvalue weighted by Crippen LogP contribution is 2.50. The van der Waals surface area contributed by atoms with E-state index in [1.54, 1.807) is 0 Å². The van der Waals surface area contributed by atoms with Gasteiger partial charge in [-0.25, -0.2) is 9.13 Å². The van der Waals surface area contributed by atoms with Gasteiger partial charge in [-0.15, -0.1) is 12.4 Å². The van der Waals surface area contributed by atoms with E-state index >= 15 is 0 Å². The van der Waals surface area contributed by atoms with Crippen molar-refractivity contribution in [1.82, 2.24) is 0 Å². The molecule has 18 heteroatoms. The summed E-state index contributed by atoms with van der Waals surface area (Å²) in [6, 6.07) is 2.28. The number of quaternary nitrogens is 2.